The van der Waals surface area contributed by atoms with Crippen LogP contribution in [0.2, 0.25) is 0 Å². The molecule has 0 radical (unpaired) electrons. The topological polar surface area (TPSA) is 61.8 Å². The van der Waals surface area contributed by atoms with Crippen LogP contribution in [0.15, 0.2) is 66.4 Å². The van der Waals surface area contributed by atoms with E-state index in [0.29, 0.717) is 0 Å². The number of methoxy groups -OCH3 is 1. The Morgan fingerprint density at radius 3 is 2.29 bits per heavy atom. The lowest BCUT2D eigenvalue weighted by molar-refractivity contribution is -0.202. The van der Waals surface area contributed by atoms with Crippen LogP contribution in [0.25, 0.3) is 6.08 Å². The van der Waals surface area contributed by atoms with E-state index >= 15 is 0 Å². The second-order valence-corrected chi connectivity index (χ2v) is 5.32. The third kappa shape index (κ3) is 3.15. The van der Waals surface area contributed by atoms with Gasteiger partial charge in [0.15, 0.2) is 0 Å². The summed E-state index contributed by atoms with van der Waals surface area (Å²) >= 11 is 0. The Bertz CT molecular complexity index is 767. The van der Waals surface area contributed by atoms with Gasteiger partial charge in [-0.25, -0.2) is 9.59 Å². The van der Waals surface area contributed by atoms with Crippen LogP contribution in [-0.4, -0.2) is 24.8 Å². The molecule has 5 heteroatoms. The van der Waals surface area contributed by atoms with Crippen molar-refractivity contribution < 1.29 is 23.8 Å². The predicted molar refractivity (Wildman–Crippen MR) is 86.5 cm³/mol. The van der Waals surface area contributed by atoms with Gasteiger partial charge in [-0.3, -0.25) is 0 Å². The molecule has 1 heterocycles. The molecule has 24 heavy (non-hydrogen) atoms. The van der Waals surface area contributed by atoms with E-state index < -0.39 is 17.7 Å². The van der Waals surface area contributed by atoms with Crippen molar-refractivity contribution in [2.45, 2.75) is 12.2 Å². The second kappa shape index (κ2) is 6.58. The maximum absolute atomic E-state index is 12.2. The first-order valence-electron chi connectivity index (χ1n) is 7.44. The number of benzene rings is 2. The molecule has 3 rings (SSSR count). The highest BCUT2D eigenvalue weighted by Crippen LogP contribution is 2.33. The summed E-state index contributed by atoms with van der Waals surface area (Å²) in [6.07, 6.45) is 1.61. The lowest BCUT2D eigenvalue weighted by Crippen LogP contribution is -2.43. The summed E-state index contributed by atoms with van der Waals surface area (Å²) < 4.78 is 15.7. The molecule has 1 aliphatic rings. The molecule has 1 atom stereocenters. The maximum atomic E-state index is 12.2. The van der Waals surface area contributed by atoms with Crippen LogP contribution in [0, 0.1) is 0 Å². The van der Waals surface area contributed by atoms with Crippen LogP contribution in [0.5, 0.6) is 0 Å². The van der Waals surface area contributed by atoms with E-state index in [1.54, 1.807) is 0 Å². The number of ether oxygens (including phenoxy) is 3. The van der Waals surface area contributed by atoms with E-state index in [1.807, 2.05) is 60.7 Å². The van der Waals surface area contributed by atoms with Crippen LogP contribution in [-0.2, 0) is 30.2 Å². The molecule has 0 amide bonds. The minimum Gasteiger partial charge on any atom is -0.463 e. The van der Waals surface area contributed by atoms with Gasteiger partial charge in [-0.05, 0) is 17.2 Å². The minimum absolute atomic E-state index is 0.0254. The summed E-state index contributed by atoms with van der Waals surface area (Å²) in [5.74, 6) is -3.27. The largest absolute Gasteiger partial charge is 0.463 e. The summed E-state index contributed by atoms with van der Waals surface area (Å²) in [6.45, 7) is 0. The molecule has 0 N–H and O–H groups in total. The lowest BCUT2D eigenvalue weighted by Gasteiger charge is -2.23. The van der Waals surface area contributed by atoms with Gasteiger partial charge in [-0.15, -0.1) is 0 Å². The van der Waals surface area contributed by atoms with Gasteiger partial charge in [-0.1, -0.05) is 60.7 Å². The summed E-state index contributed by atoms with van der Waals surface area (Å²) in [4.78, 5) is 24.4. The van der Waals surface area contributed by atoms with Crippen molar-refractivity contribution in [3.05, 3.63) is 77.5 Å². The Morgan fingerprint density at radius 2 is 1.67 bits per heavy atom. The van der Waals surface area contributed by atoms with Crippen LogP contribution in [0.1, 0.15) is 11.1 Å². The SMILES string of the molecule is COC(=O)[C@]1(Cc2ccccc2)OC(=O)/C(=C/c2ccccc2)O1. The number of hydrogen-bond acceptors (Lipinski definition) is 5. The molecule has 1 fully saturated rings. The molecule has 2 aromatic carbocycles. The first kappa shape index (κ1) is 15.8. The average molecular weight is 324 g/mol. The lowest BCUT2D eigenvalue weighted by atomic mass is 10.1. The van der Waals surface area contributed by atoms with E-state index in [2.05, 4.69) is 0 Å². The van der Waals surface area contributed by atoms with Gasteiger partial charge in [0.1, 0.15) is 0 Å². The Balaban J connectivity index is 1.92. The fourth-order valence-corrected chi connectivity index (χ4v) is 2.48. The van der Waals surface area contributed by atoms with Crippen LogP contribution < -0.4 is 0 Å². The van der Waals surface area contributed by atoms with Gasteiger partial charge < -0.3 is 14.2 Å². The molecular formula is C19H16O5. The number of rotatable bonds is 4. The van der Waals surface area contributed by atoms with Gasteiger partial charge in [-0.2, -0.15) is 0 Å². The summed E-state index contributed by atoms with van der Waals surface area (Å²) in [7, 11) is 1.23. The van der Waals surface area contributed by atoms with E-state index in [4.69, 9.17) is 14.2 Å². The molecule has 2 aromatic rings. The molecule has 0 aromatic heterocycles. The van der Waals surface area contributed by atoms with E-state index in [1.165, 1.54) is 13.2 Å². The quantitative estimate of drug-likeness (QED) is 0.639. The summed E-state index contributed by atoms with van der Waals surface area (Å²) in [6, 6.07) is 18.3. The number of carbonyl (C=O) groups excluding carboxylic acids is 2. The van der Waals surface area contributed by atoms with Crippen LogP contribution in [0.3, 0.4) is 0 Å². The average Bonchev–Trinajstić information content (AvgIpc) is 2.92. The van der Waals surface area contributed by atoms with Gasteiger partial charge >= 0.3 is 17.7 Å². The zero-order valence-electron chi connectivity index (χ0n) is 13.1. The van der Waals surface area contributed by atoms with Crippen molar-refractivity contribution in [2.75, 3.05) is 7.11 Å². The van der Waals surface area contributed by atoms with Crippen molar-refractivity contribution in [2.24, 2.45) is 0 Å². The molecule has 0 spiro atoms. The molecule has 0 bridgehead atoms. The Kier molecular flexibility index (Phi) is 4.33. The van der Waals surface area contributed by atoms with E-state index in [9.17, 15) is 9.59 Å². The van der Waals surface area contributed by atoms with Crippen molar-refractivity contribution in [3.63, 3.8) is 0 Å². The number of esters is 2. The van der Waals surface area contributed by atoms with Crippen molar-refractivity contribution in [1.82, 2.24) is 0 Å². The van der Waals surface area contributed by atoms with Crippen molar-refractivity contribution in [1.29, 1.82) is 0 Å². The Labute approximate surface area is 139 Å². The third-order valence-corrected chi connectivity index (χ3v) is 3.61. The fraction of sp³-hybridized carbons (Fsp3) is 0.158. The standard InChI is InChI=1S/C19H16O5/c1-22-18(21)19(13-15-10-6-3-7-11-15)23-16(17(20)24-19)12-14-8-4-2-5-9-14/h2-12H,13H2,1H3/b16-12-/t19-/m0/s1. The van der Waals surface area contributed by atoms with Crippen molar-refractivity contribution in [3.8, 4) is 0 Å². The van der Waals surface area contributed by atoms with E-state index in [-0.39, 0.29) is 12.2 Å². The zero-order valence-corrected chi connectivity index (χ0v) is 13.1. The summed E-state index contributed by atoms with van der Waals surface area (Å²) in [5, 5.41) is 0. The molecule has 0 aliphatic carbocycles. The highest BCUT2D eigenvalue weighted by Gasteiger charge is 2.53. The Hall–Kier alpha value is -3.08. The smallest absolute Gasteiger partial charge is 0.393 e. The van der Waals surface area contributed by atoms with Gasteiger partial charge in [0, 0.05) is 0 Å². The monoisotopic (exact) mass is 324 g/mol. The zero-order chi connectivity index (χ0) is 17.0. The molecular weight excluding hydrogens is 308 g/mol. The van der Waals surface area contributed by atoms with Gasteiger partial charge in [0.05, 0.1) is 13.5 Å². The number of carbonyl (C=O) groups is 2. The first-order valence-corrected chi connectivity index (χ1v) is 7.44. The maximum Gasteiger partial charge on any atom is 0.393 e. The molecule has 122 valence electrons. The number of hydrogen-bond donors (Lipinski definition) is 0. The first-order chi connectivity index (χ1) is 11.6. The highest BCUT2D eigenvalue weighted by atomic mass is 16.8. The van der Waals surface area contributed by atoms with Crippen LogP contribution >= 0.6 is 0 Å². The summed E-state index contributed by atoms with van der Waals surface area (Å²) in [5.41, 5.74) is 1.56. The number of cyclic esters (lactones) is 1. The molecule has 1 aliphatic heterocycles. The molecule has 1 saturated heterocycles. The molecule has 0 unspecified atom stereocenters. The van der Waals surface area contributed by atoms with Gasteiger partial charge in [0.2, 0.25) is 5.76 Å². The van der Waals surface area contributed by atoms with Crippen LogP contribution in [0.4, 0.5) is 0 Å². The highest BCUT2D eigenvalue weighted by molar-refractivity contribution is 5.97. The van der Waals surface area contributed by atoms with E-state index in [0.717, 1.165) is 11.1 Å². The predicted octanol–water partition coefficient (Wildman–Crippen LogP) is 2.71. The Morgan fingerprint density at radius 1 is 1.04 bits per heavy atom. The second-order valence-electron chi connectivity index (χ2n) is 5.32. The molecule has 0 saturated carbocycles. The minimum atomic E-state index is -1.80. The fourth-order valence-electron chi connectivity index (χ4n) is 2.48. The van der Waals surface area contributed by atoms with Gasteiger partial charge in [0.25, 0.3) is 0 Å². The van der Waals surface area contributed by atoms with Crippen molar-refractivity contribution >= 4 is 18.0 Å². The normalized spacial score (nSPS) is 21.2. The third-order valence-electron chi connectivity index (χ3n) is 3.61. The molecule has 5 nitrogen and oxygen atoms in total.